The molecule has 1 heterocycles. The molecular formula is C12H17FN2O. The normalized spacial score (nSPS) is 12.2. The van der Waals surface area contributed by atoms with Crippen LogP contribution < -0.4 is 5.32 Å². The molecular weight excluding hydrogens is 207 g/mol. The molecule has 0 aliphatic rings. The topological polar surface area (TPSA) is 42.0 Å². The van der Waals surface area contributed by atoms with E-state index < -0.39 is 5.82 Å². The third kappa shape index (κ3) is 3.61. The number of aromatic nitrogens is 1. The van der Waals surface area contributed by atoms with Crippen LogP contribution in [0.3, 0.4) is 0 Å². The summed E-state index contributed by atoms with van der Waals surface area (Å²) >= 11 is 0. The third-order valence-electron chi connectivity index (χ3n) is 2.39. The molecule has 88 valence electrons. The van der Waals surface area contributed by atoms with E-state index in [1.165, 1.54) is 12.3 Å². The van der Waals surface area contributed by atoms with Crippen LogP contribution in [0.15, 0.2) is 18.5 Å². The van der Waals surface area contributed by atoms with Crippen molar-refractivity contribution in [2.75, 3.05) is 0 Å². The van der Waals surface area contributed by atoms with Crippen molar-refractivity contribution in [1.29, 1.82) is 0 Å². The molecule has 1 unspecified atom stereocenters. The Balaban J connectivity index is 2.56. The molecule has 16 heavy (non-hydrogen) atoms. The second-order valence-electron chi connectivity index (χ2n) is 3.87. The lowest BCUT2D eigenvalue weighted by Crippen LogP contribution is -2.33. The van der Waals surface area contributed by atoms with Crippen molar-refractivity contribution >= 4 is 5.91 Å². The molecule has 0 saturated carbocycles. The number of nitrogens with one attached hydrogen (secondary N) is 1. The summed E-state index contributed by atoms with van der Waals surface area (Å²) in [7, 11) is 0. The van der Waals surface area contributed by atoms with E-state index in [9.17, 15) is 9.18 Å². The van der Waals surface area contributed by atoms with Crippen molar-refractivity contribution < 1.29 is 9.18 Å². The summed E-state index contributed by atoms with van der Waals surface area (Å²) in [4.78, 5) is 15.3. The van der Waals surface area contributed by atoms with Gasteiger partial charge in [-0.2, -0.15) is 0 Å². The zero-order chi connectivity index (χ0) is 12.0. The number of carbonyl (C=O) groups excluding carboxylic acids is 1. The van der Waals surface area contributed by atoms with Crippen LogP contribution in [0.1, 0.15) is 43.5 Å². The number of halogens is 1. The van der Waals surface area contributed by atoms with E-state index in [0.717, 1.165) is 25.5 Å². The van der Waals surface area contributed by atoms with Gasteiger partial charge in [0.1, 0.15) is 0 Å². The Morgan fingerprint density at radius 2 is 2.38 bits per heavy atom. The predicted octanol–water partition coefficient (Wildman–Crippen LogP) is 2.53. The van der Waals surface area contributed by atoms with E-state index in [-0.39, 0.29) is 17.5 Å². The van der Waals surface area contributed by atoms with Crippen LogP contribution >= 0.6 is 0 Å². The van der Waals surface area contributed by atoms with Gasteiger partial charge in [0, 0.05) is 12.2 Å². The Bertz CT molecular complexity index is 355. The number of carbonyl (C=O) groups is 1. The Labute approximate surface area is 95.1 Å². The van der Waals surface area contributed by atoms with E-state index in [1.54, 1.807) is 0 Å². The number of hydrogen-bond acceptors (Lipinski definition) is 2. The second kappa shape index (κ2) is 6.20. The maximum absolute atomic E-state index is 13.2. The highest BCUT2D eigenvalue weighted by atomic mass is 19.1. The molecule has 1 amide bonds. The lowest BCUT2D eigenvalue weighted by molar-refractivity contribution is 0.0933. The van der Waals surface area contributed by atoms with Crippen molar-refractivity contribution in [3.63, 3.8) is 0 Å². The summed E-state index contributed by atoms with van der Waals surface area (Å²) in [6.07, 6.45) is 5.51. The molecule has 0 spiro atoms. The first-order valence-corrected chi connectivity index (χ1v) is 5.55. The summed E-state index contributed by atoms with van der Waals surface area (Å²) in [5, 5.41) is 2.77. The fourth-order valence-electron chi connectivity index (χ4n) is 1.44. The maximum atomic E-state index is 13.2. The number of rotatable bonds is 5. The summed E-state index contributed by atoms with van der Waals surface area (Å²) in [5.41, 5.74) is 0.0540. The maximum Gasteiger partial charge on any atom is 0.254 e. The van der Waals surface area contributed by atoms with Gasteiger partial charge in [0.2, 0.25) is 0 Å². The highest BCUT2D eigenvalue weighted by molar-refractivity contribution is 5.94. The lowest BCUT2D eigenvalue weighted by Gasteiger charge is -2.13. The molecule has 1 rings (SSSR count). The molecule has 0 radical (unpaired) electrons. The smallest absolute Gasteiger partial charge is 0.254 e. The zero-order valence-electron chi connectivity index (χ0n) is 9.66. The van der Waals surface area contributed by atoms with Gasteiger partial charge in [0.25, 0.3) is 5.91 Å². The molecule has 4 heteroatoms. The van der Waals surface area contributed by atoms with Gasteiger partial charge in [-0.15, -0.1) is 0 Å². The summed E-state index contributed by atoms with van der Waals surface area (Å²) in [5.74, 6) is -0.953. The standard InChI is InChI=1S/C12H17FN2O/c1-3-4-5-9(2)15-12(16)10-6-7-14-8-11(10)13/h6-9H,3-5H2,1-2H3,(H,15,16). The molecule has 0 aliphatic carbocycles. The molecule has 1 aromatic rings. The van der Waals surface area contributed by atoms with Gasteiger partial charge in [0.05, 0.1) is 11.8 Å². The van der Waals surface area contributed by atoms with Crippen LogP contribution in [0.5, 0.6) is 0 Å². The molecule has 0 aliphatic heterocycles. The minimum atomic E-state index is -0.581. The van der Waals surface area contributed by atoms with Gasteiger partial charge >= 0.3 is 0 Å². The fourth-order valence-corrected chi connectivity index (χ4v) is 1.44. The highest BCUT2D eigenvalue weighted by Crippen LogP contribution is 2.06. The van der Waals surface area contributed by atoms with Crippen molar-refractivity contribution in [3.05, 3.63) is 29.8 Å². The first-order chi connectivity index (χ1) is 7.65. The molecule has 0 fully saturated rings. The average molecular weight is 224 g/mol. The largest absolute Gasteiger partial charge is 0.349 e. The van der Waals surface area contributed by atoms with Gasteiger partial charge < -0.3 is 5.32 Å². The molecule has 1 aromatic heterocycles. The summed E-state index contributed by atoms with van der Waals surface area (Å²) in [6.45, 7) is 4.02. The zero-order valence-corrected chi connectivity index (χ0v) is 9.66. The van der Waals surface area contributed by atoms with E-state index in [2.05, 4.69) is 17.2 Å². The average Bonchev–Trinajstić information content (AvgIpc) is 2.26. The first-order valence-electron chi connectivity index (χ1n) is 5.55. The Hall–Kier alpha value is -1.45. The van der Waals surface area contributed by atoms with Crippen molar-refractivity contribution in [2.24, 2.45) is 0 Å². The van der Waals surface area contributed by atoms with E-state index in [1.807, 2.05) is 6.92 Å². The lowest BCUT2D eigenvalue weighted by atomic mass is 10.1. The Kier molecular flexibility index (Phi) is 4.89. The molecule has 3 nitrogen and oxygen atoms in total. The first kappa shape index (κ1) is 12.6. The van der Waals surface area contributed by atoms with E-state index in [4.69, 9.17) is 0 Å². The van der Waals surface area contributed by atoms with Crippen LogP contribution in [-0.2, 0) is 0 Å². The van der Waals surface area contributed by atoms with Gasteiger partial charge in [-0.1, -0.05) is 19.8 Å². The SMILES string of the molecule is CCCCC(C)NC(=O)c1ccncc1F. The van der Waals surface area contributed by atoms with E-state index in [0.29, 0.717) is 0 Å². The minimum absolute atomic E-state index is 0.0540. The van der Waals surface area contributed by atoms with Gasteiger partial charge in [0.15, 0.2) is 5.82 Å². The number of amides is 1. The molecule has 0 aromatic carbocycles. The van der Waals surface area contributed by atoms with Gasteiger partial charge in [-0.05, 0) is 19.4 Å². The van der Waals surface area contributed by atoms with Crippen molar-refractivity contribution in [3.8, 4) is 0 Å². The van der Waals surface area contributed by atoms with Crippen molar-refractivity contribution in [2.45, 2.75) is 39.2 Å². The van der Waals surface area contributed by atoms with E-state index >= 15 is 0 Å². The second-order valence-corrected chi connectivity index (χ2v) is 3.87. The van der Waals surface area contributed by atoms with Crippen LogP contribution in [0.2, 0.25) is 0 Å². The molecule has 0 saturated heterocycles. The number of unbranched alkanes of at least 4 members (excludes halogenated alkanes) is 1. The molecule has 0 bridgehead atoms. The minimum Gasteiger partial charge on any atom is -0.349 e. The summed E-state index contributed by atoms with van der Waals surface area (Å²) < 4.78 is 13.2. The molecule has 1 atom stereocenters. The van der Waals surface area contributed by atoms with Crippen LogP contribution in [0.25, 0.3) is 0 Å². The quantitative estimate of drug-likeness (QED) is 0.835. The molecule has 1 N–H and O–H groups in total. The highest BCUT2D eigenvalue weighted by Gasteiger charge is 2.13. The van der Waals surface area contributed by atoms with Crippen LogP contribution in [-0.4, -0.2) is 16.9 Å². The summed E-state index contributed by atoms with van der Waals surface area (Å²) in [6, 6.07) is 1.46. The third-order valence-corrected chi connectivity index (χ3v) is 2.39. The Morgan fingerprint density at radius 3 is 3.00 bits per heavy atom. The fraction of sp³-hybridized carbons (Fsp3) is 0.500. The van der Waals surface area contributed by atoms with Gasteiger partial charge in [-0.25, -0.2) is 4.39 Å². The number of pyridine rings is 1. The van der Waals surface area contributed by atoms with Gasteiger partial charge in [-0.3, -0.25) is 9.78 Å². The van der Waals surface area contributed by atoms with Crippen molar-refractivity contribution in [1.82, 2.24) is 10.3 Å². The monoisotopic (exact) mass is 224 g/mol. The number of hydrogen-bond donors (Lipinski definition) is 1. The number of nitrogens with zero attached hydrogens (tertiary/aromatic N) is 1. The van der Waals surface area contributed by atoms with Crippen LogP contribution in [0.4, 0.5) is 4.39 Å². The van der Waals surface area contributed by atoms with Crippen LogP contribution in [0, 0.1) is 5.82 Å². The Morgan fingerprint density at radius 1 is 1.62 bits per heavy atom. The predicted molar refractivity (Wildman–Crippen MR) is 60.6 cm³/mol.